The Hall–Kier alpha value is -1.77. The number of rotatable bonds is 6. The first kappa shape index (κ1) is 19.0. The molecule has 26 heavy (non-hydrogen) atoms. The molecule has 0 saturated carbocycles. The van der Waals surface area contributed by atoms with Crippen LogP contribution in [0.5, 0.6) is 0 Å². The maximum Gasteiger partial charge on any atom is 0.271 e. The number of hydrogen-bond donors (Lipinski definition) is 1. The van der Waals surface area contributed by atoms with Crippen molar-refractivity contribution in [2.24, 2.45) is 7.05 Å². The lowest BCUT2D eigenvalue weighted by Crippen LogP contribution is -2.49. The van der Waals surface area contributed by atoms with Gasteiger partial charge in [-0.1, -0.05) is 0 Å². The number of thiazole rings is 1. The molecule has 0 bridgehead atoms. The van der Waals surface area contributed by atoms with E-state index in [2.05, 4.69) is 46.1 Å². The van der Waals surface area contributed by atoms with Gasteiger partial charge in [-0.2, -0.15) is 5.10 Å². The largest absolute Gasteiger partial charge is 0.346 e. The quantitative estimate of drug-likeness (QED) is 0.831. The molecule has 0 atom stereocenters. The van der Waals surface area contributed by atoms with Crippen molar-refractivity contribution in [3.63, 3.8) is 0 Å². The molecule has 0 aromatic carbocycles. The van der Waals surface area contributed by atoms with Crippen molar-refractivity contribution in [3.05, 3.63) is 23.5 Å². The Kier molecular flexibility index (Phi) is 5.74. The summed E-state index contributed by atoms with van der Waals surface area (Å²) in [5.41, 5.74) is 1.14. The minimum atomic E-state index is -0.265. The zero-order valence-electron chi connectivity index (χ0n) is 16.0. The van der Waals surface area contributed by atoms with E-state index in [1.165, 1.54) is 11.3 Å². The Balaban J connectivity index is 1.54. The average Bonchev–Trinajstić information content (AvgIpc) is 3.23. The van der Waals surface area contributed by atoms with Crippen LogP contribution >= 0.6 is 11.3 Å². The van der Waals surface area contributed by atoms with Gasteiger partial charge in [0.15, 0.2) is 0 Å². The van der Waals surface area contributed by atoms with Crippen molar-refractivity contribution in [2.75, 3.05) is 39.8 Å². The Morgan fingerprint density at radius 1 is 1.27 bits per heavy atom. The van der Waals surface area contributed by atoms with Gasteiger partial charge in [0.25, 0.3) is 5.91 Å². The molecule has 7 nitrogen and oxygen atoms in total. The van der Waals surface area contributed by atoms with Crippen LogP contribution < -0.4 is 5.32 Å². The summed E-state index contributed by atoms with van der Waals surface area (Å²) in [6, 6.07) is 0. The van der Waals surface area contributed by atoms with E-state index in [0.717, 1.165) is 49.7 Å². The Morgan fingerprint density at radius 3 is 2.65 bits per heavy atom. The maximum atomic E-state index is 12.6. The van der Waals surface area contributed by atoms with Crippen LogP contribution in [0, 0.1) is 0 Å². The highest BCUT2D eigenvalue weighted by atomic mass is 32.1. The predicted octanol–water partition coefficient (Wildman–Crippen LogP) is 1.69. The van der Waals surface area contributed by atoms with Crippen molar-refractivity contribution >= 4 is 17.2 Å². The fourth-order valence-corrected chi connectivity index (χ4v) is 3.76. The van der Waals surface area contributed by atoms with Crippen LogP contribution in [0.1, 0.15) is 30.8 Å². The third-order valence-corrected chi connectivity index (χ3v) is 5.68. The SMILES string of the molecule is CN1CCN(CCC(C)(C)NC(=O)c2csc(-c3cnn(C)c3)n2)CC1. The van der Waals surface area contributed by atoms with Crippen LogP contribution in [0.4, 0.5) is 0 Å². The smallest absolute Gasteiger partial charge is 0.271 e. The third kappa shape index (κ3) is 4.90. The second-order valence-corrected chi connectivity index (χ2v) is 8.53. The van der Waals surface area contributed by atoms with Crippen molar-refractivity contribution < 1.29 is 4.79 Å². The molecule has 1 aliphatic heterocycles. The van der Waals surface area contributed by atoms with E-state index in [1.54, 1.807) is 10.9 Å². The number of carbonyl (C=O) groups excluding carboxylic acids is 1. The van der Waals surface area contributed by atoms with E-state index in [9.17, 15) is 4.79 Å². The second-order valence-electron chi connectivity index (χ2n) is 7.67. The lowest BCUT2D eigenvalue weighted by atomic mass is 10.00. The van der Waals surface area contributed by atoms with E-state index in [4.69, 9.17) is 0 Å². The lowest BCUT2D eigenvalue weighted by Gasteiger charge is -2.35. The third-order valence-electron chi connectivity index (χ3n) is 4.79. The van der Waals surface area contributed by atoms with Crippen LogP contribution in [0.15, 0.2) is 17.8 Å². The van der Waals surface area contributed by atoms with Crippen LogP contribution in [0.25, 0.3) is 10.6 Å². The van der Waals surface area contributed by atoms with Crippen molar-refractivity contribution in [1.29, 1.82) is 0 Å². The Morgan fingerprint density at radius 2 is 2.00 bits per heavy atom. The minimum absolute atomic E-state index is 0.111. The number of likely N-dealkylation sites (N-methyl/N-ethyl adjacent to an activating group) is 1. The Bertz CT molecular complexity index is 744. The molecule has 1 amide bonds. The molecule has 142 valence electrons. The molecule has 8 heteroatoms. The standard InChI is InChI=1S/C18H28N6OS/c1-18(2,5-6-24-9-7-22(3)8-10-24)21-16(25)15-13-26-17(20-15)14-11-19-23(4)12-14/h11-13H,5-10H2,1-4H3,(H,21,25). The first-order chi connectivity index (χ1) is 12.3. The maximum absolute atomic E-state index is 12.6. The van der Waals surface area contributed by atoms with E-state index >= 15 is 0 Å². The summed E-state index contributed by atoms with van der Waals surface area (Å²) in [5.74, 6) is -0.111. The molecule has 0 spiro atoms. The van der Waals surface area contributed by atoms with Gasteiger partial charge in [-0.05, 0) is 27.3 Å². The summed E-state index contributed by atoms with van der Waals surface area (Å²) in [6.07, 6.45) is 4.59. The number of piperazine rings is 1. The van der Waals surface area contributed by atoms with Gasteiger partial charge in [0, 0.05) is 62.5 Å². The topological polar surface area (TPSA) is 66.3 Å². The minimum Gasteiger partial charge on any atom is -0.346 e. The van der Waals surface area contributed by atoms with E-state index in [-0.39, 0.29) is 11.4 Å². The first-order valence-corrected chi connectivity index (χ1v) is 9.88. The highest BCUT2D eigenvalue weighted by Gasteiger charge is 2.24. The molecule has 1 fully saturated rings. The highest BCUT2D eigenvalue weighted by Crippen LogP contribution is 2.23. The molecular formula is C18H28N6OS. The van der Waals surface area contributed by atoms with E-state index < -0.39 is 0 Å². The van der Waals surface area contributed by atoms with Crippen LogP contribution in [0.3, 0.4) is 0 Å². The van der Waals surface area contributed by atoms with Gasteiger partial charge in [0.05, 0.1) is 6.20 Å². The van der Waals surface area contributed by atoms with E-state index in [0.29, 0.717) is 5.69 Å². The second kappa shape index (κ2) is 7.85. The molecule has 0 aliphatic carbocycles. The number of nitrogens with zero attached hydrogens (tertiary/aromatic N) is 5. The van der Waals surface area contributed by atoms with Crippen molar-refractivity contribution in [3.8, 4) is 10.6 Å². The van der Waals surface area contributed by atoms with Crippen LogP contribution in [-0.4, -0.2) is 75.8 Å². The first-order valence-electron chi connectivity index (χ1n) is 9.00. The number of carbonyl (C=O) groups is 1. The van der Waals surface area contributed by atoms with Gasteiger partial charge >= 0.3 is 0 Å². The summed E-state index contributed by atoms with van der Waals surface area (Å²) in [6.45, 7) is 9.58. The molecule has 1 N–H and O–H groups in total. The number of aryl methyl sites for hydroxylation is 1. The Labute approximate surface area is 159 Å². The molecule has 0 radical (unpaired) electrons. The zero-order valence-corrected chi connectivity index (χ0v) is 16.8. The fraction of sp³-hybridized carbons (Fsp3) is 0.611. The lowest BCUT2D eigenvalue weighted by molar-refractivity contribution is 0.0889. The average molecular weight is 377 g/mol. The monoisotopic (exact) mass is 376 g/mol. The molecule has 3 heterocycles. The molecule has 1 saturated heterocycles. The number of hydrogen-bond acceptors (Lipinski definition) is 6. The molecule has 1 aliphatic rings. The fourth-order valence-electron chi connectivity index (χ4n) is 2.99. The molecule has 3 rings (SSSR count). The molecule has 0 unspecified atom stereocenters. The van der Waals surface area contributed by atoms with Gasteiger partial charge in [0.1, 0.15) is 10.7 Å². The van der Waals surface area contributed by atoms with E-state index in [1.807, 2.05) is 18.6 Å². The number of amides is 1. The van der Waals surface area contributed by atoms with Crippen molar-refractivity contribution in [2.45, 2.75) is 25.8 Å². The number of nitrogens with one attached hydrogen (secondary N) is 1. The van der Waals surface area contributed by atoms with Gasteiger partial charge in [-0.15, -0.1) is 11.3 Å². The van der Waals surface area contributed by atoms with Crippen molar-refractivity contribution in [1.82, 2.24) is 29.9 Å². The normalized spacial score (nSPS) is 16.8. The predicted molar refractivity (Wildman–Crippen MR) is 104 cm³/mol. The highest BCUT2D eigenvalue weighted by molar-refractivity contribution is 7.13. The summed E-state index contributed by atoms with van der Waals surface area (Å²) in [5, 5.41) is 9.93. The molecular weight excluding hydrogens is 348 g/mol. The van der Waals surface area contributed by atoms with Crippen LogP contribution in [0.2, 0.25) is 0 Å². The summed E-state index contributed by atoms with van der Waals surface area (Å²) >= 11 is 1.47. The van der Waals surface area contributed by atoms with Crippen LogP contribution in [-0.2, 0) is 7.05 Å². The van der Waals surface area contributed by atoms with Gasteiger partial charge in [-0.3, -0.25) is 9.48 Å². The summed E-state index contributed by atoms with van der Waals surface area (Å²) < 4.78 is 1.73. The van der Waals surface area contributed by atoms with Gasteiger partial charge < -0.3 is 15.1 Å². The van der Waals surface area contributed by atoms with Gasteiger partial charge in [-0.25, -0.2) is 4.98 Å². The zero-order chi connectivity index (χ0) is 18.7. The summed E-state index contributed by atoms with van der Waals surface area (Å²) in [7, 11) is 4.03. The number of aromatic nitrogens is 3. The molecule has 2 aromatic rings. The van der Waals surface area contributed by atoms with Gasteiger partial charge in [0.2, 0.25) is 0 Å². The molecule has 2 aromatic heterocycles. The summed E-state index contributed by atoms with van der Waals surface area (Å²) in [4.78, 5) is 21.9.